The van der Waals surface area contributed by atoms with Gasteiger partial charge in [0, 0.05) is 16.7 Å². The molecule has 4 heteroatoms. The first-order valence-corrected chi connectivity index (χ1v) is 22.2. The highest BCUT2D eigenvalue weighted by molar-refractivity contribution is 6.37. The van der Waals surface area contributed by atoms with E-state index in [9.17, 15) is 5.26 Å². The summed E-state index contributed by atoms with van der Waals surface area (Å²) in [5, 5.41) is 24.5. The Morgan fingerprint density at radius 2 is 0.742 bits per heavy atom. The van der Waals surface area contributed by atoms with E-state index in [0.29, 0.717) is 23.0 Å². The molecule has 0 saturated heterocycles. The van der Waals surface area contributed by atoms with Gasteiger partial charge in [0.1, 0.15) is 0 Å². The molecule has 0 bridgehead atoms. The molecule has 1 aromatic heterocycles. The maximum atomic E-state index is 9.41. The van der Waals surface area contributed by atoms with Crippen LogP contribution in [-0.4, -0.2) is 15.0 Å². The van der Waals surface area contributed by atoms with Gasteiger partial charge in [-0.25, -0.2) is 15.0 Å². The summed E-state index contributed by atoms with van der Waals surface area (Å²) in [5.41, 5.74) is 9.71. The van der Waals surface area contributed by atoms with Crippen molar-refractivity contribution in [1.29, 1.82) is 5.26 Å². The zero-order chi connectivity index (χ0) is 43.7. The molecular weight excluding hydrogens is 801 g/mol. The van der Waals surface area contributed by atoms with Crippen LogP contribution >= 0.6 is 0 Å². The molecule has 0 N–H and O–H groups in total. The Bertz CT molecular complexity index is 4100. The fraction of sp³-hybridized carbons (Fsp3) is 0. The summed E-state index contributed by atoms with van der Waals surface area (Å²) in [4.78, 5) is 15.6. The van der Waals surface area contributed by atoms with Crippen molar-refractivity contribution in [2.45, 2.75) is 0 Å². The maximum Gasteiger partial charge on any atom is 0.164 e. The van der Waals surface area contributed by atoms with E-state index in [-0.39, 0.29) is 0 Å². The van der Waals surface area contributed by atoms with Crippen LogP contribution in [0.2, 0.25) is 0 Å². The molecule has 12 aromatic carbocycles. The van der Waals surface area contributed by atoms with Crippen LogP contribution in [-0.2, 0) is 0 Å². The minimum absolute atomic E-state index is 0.579. The Hall–Kier alpha value is -9.04. The summed E-state index contributed by atoms with van der Waals surface area (Å²) in [6, 6.07) is 79.6. The number of fused-ring (bicyclic) bond motifs is 2. The number of hydrogen-bond acceptors (Lipinski definition) is 4. The summed E-state index contributed by atoms with van der Waals surface area (Å²) in [7, 11) is 0. The highest BCUT2D eigenvalue weighted by Crippen LogP contribution is 2.46. The van der Waals surface area contributed by atoms with Crippen molar-refractivity contribution in [3.05, 3.63) is 224 Å². The second-order valence-corrected chi connectivity index (χ2v) is 17.0. The van der Waals surface area contributed by atoms with Gasteiger partial charge in [0.2, 0.25) is 0 Å². The van der Waals surface area contributed by atoms with Gasteiger partial charge in [0.25, 0.3) is 0 Å². The van der Waals surface area contributed by atoms with E-state index in [4.69, 9.17) is 15.0 Å². The van der Waals surface area contributed by atoms with E-state index in [1.165, 1.54) is 64.6 Å². The average Bonchev–Trinajstić information content (AvgIpc) is 3.39. The highest BCUT2D eigenvalue weighted by Gasteiger charge is 2.20. The van der Waals surface area contributed by atoms with Crippen molar-refractivity contribution in [2.24, 2.45) is 0 Å². The van der Waals surface area contributed by atoms with Gasteiger partial charge in [-0.15, -0.1) is 0 Å². The van der Waals surface area contributed by atoms with Crippen LogP contribution in [0.5, 0.6) is 0 Å². The fourth-order valence-electron chi connectivity index (χ4n) is 10.2. The molecule has 0 aliphatic heterocycles. The minimum Gasteiger partial charge on any atom is -0.208 e. The molecular formula is C62H36N4. The molecule has 0 atom stereocenters. The summed E-state index contributed by atoms with van der Waals surface area (Å²) >= 11 is 0. The van der Waals surface area contributed by atoms with Gasteiger partial charge in [0.05, 0.1) is 11.6 Å². The zero-order valence-corrected chi connectivity index (χ0v) is 35.6. The summed E-state index contributed by atoms with van der Waals surface area (Å²) in [6.07, 6.45) is 0. The number of nitrogens with zero attached hydrogens (tertiary/aromatic N) is 4. The molecule has 0 spiro atoms. The van der Waals surface area contributed by atoms with Crippen molar-refractivity contribution >= 4 is 64.6 Å². The molecule has 13 rings (SSSR count). The van der Waals surface area contributed by atoms with Gasteiger partial charge in [-0.05, 0) is 128 Å². The first-order valence-electron chi connectivity index (χ1n) is 22.2. The first-order chi connectivity index (χ1) is 32.7. The van der Waals surface area contributed by atoms with E-state index >= 15 is 0 Å². The number of benzene rings is 11. The lowest BCUT2D eigenvalue weighted by atomic mass is 9.85. The number of aromatic nitrogens is 3. The zero-order valence-electron chi connectivity index (χ0n) is 35.6. The van der Waals surface area contributed by atoms with Crippen LogP contribution in [0.3, 0.4) is 0 Å². The van der Waals surface area contributed by atoms with E-state index in [0.717, 1.165) is 50.1 Å². The average molecular weight is 837 g/mol. The molecule has 0 aliphatic carbocycles. The minimum atomic E-state index is 0.579. The molecule has 0 radical (unpaired) electrons. The summed E-state index contributed by atoms with van der Waals surface area (Å²) in [6.45, 7) is 0. The van der Waals surface area contributed by atoms with Crippen LogP contribution in [0, 0.1) is 11.3 Å². The second-order valence-electron chi connectivity index (χ2n) is 17.0. The quantitative estimate of drug-likeness (QED) is 0.157. The molecule has 0 unspecified atom stereocenters. The summed E-state index contributed by atoms with van der Waals surface area (Å²) < 4.78 is 0. The third kappa shape index (κ3) is 6.03. The van der Waals surface area contributed by atoms with E-state index in [1.54, 1.807) is 0 Å². The Labute approximate surface area is 380 Å². The summed E-state index contributed by atoms with van der Waals surface area (Å²) in [5.74, 6) is 1.77. The standard InChI is InChI=1S/C62H36N4/c63-37-38-26-28-39(29-27-38)44-17-8-18-46(34-44)61-64-60(43-12-2-1-3-13-43)65-62(66-61)54-22-7-6-21-50(54)49-20-5-4-19-48(49)47-35-45-33-32-42-15-10-24-52-51-23-9-14-40-30-31-41-16-11-25-53(58(41)56(40)51)55(36-47)59(45)57(42)52/h1-36H. The molecule has 66 heavy (non-hydrogen) atoms. The Morgan fingerprint density at radius 3 is 1.38 bits per heavy atom. The molecule has 1 heterocycles. The fourth-order valence-corrected chi connectivity index (χ4v) is 10.2. The van der Waals surface area contributed by atoms with Crippen molar-refractivity contribution in [3.8, 4) is 73.6 Å². The van der Waals surface area contributed by atoms with Crippen molar-refractivity contribution in [1.82, 2.24) is 15.0 Å². The number of rotatable bonds is 6. The Kier molecular flexibility index (Phi) is 8.56. The normalized spacial score (nSPS) is 11.6. The lowest BCUT2D eigenvalue weighted by molar-refractivity contribution is 1.07. The van der Waals surface area contributed by atoms with Gasteiger partial charge in [-0.3, -0.25) is 0 Å². The lowest BCUT2D eigenvalue weighted by Gasteiger charge is -2.18. The SMILES string of the molecule is N#Cc1ccc(-c2cccc(-c3nc(-c4ccccc4)nc(-c4ccccc4-c4ccccc4-c4cc5ccc6cccc7c8cccc9ccc%10cccc(c(c4)c5c67)c%10c98)n3)c2)cc1. The van der Waals surface area contributed by atoms with Crippen LogP contribution < -0.4 is 0 Å². The van der Waals surface area contributed by atoms with E-state index < -0.39 is 0 Å². The monoisotopic (exact) mass is 836 g/mol. The number of hydrogen-bond donors (Lipinski definition) is 0. The largest absolute Gasteiger partial charge is 0.208 e. The van der Waals surface area contributed by atoms with Gasteiger partial charge in [-0.1, -0.05) is 188 Å². The topological polar surface area (TPSA) is 62.5 Å². The molecule has 4 nitrogen and oxygen atoms in total. The third-order valence-electron chi connectivity index (χ3n) is 13.3. The van der Waals surface area contributed by atoms with Gasteiger partial charge < -0.3 is 0 Å². The Morgan fingerprint density at radius 1 is 0.273 bits per heavy atom. The Balaban J connectivity index is 1.04. The highest BCUT2D eigenvalue weighted by atomic mass is 15.0. The molecule has 0 amide bonds. The van der Waals surface area contributed by atoms with E-state index in [2.05, 4.69) is 158 Å². The second kappa shape index (κ2) is 15.1. The van der Waals surface area contributed by atoms with E-state index in [1.807, 2.05) is 66.7 Å². The molecule has 0 saturated carbocycles. The maximum absolute atomic E-state index is 9.41. The first kappa shape index (κ1) is 37.5. The van der Waals surface area contributed by atoms with Gasteiger partial charge in [-0.2, -0.15) is 5.26 Å². The lowest BCUT2D eigenvalue weighted by Crippen LogP contribution is -2.01. The van der Waals surface area contributed by atoms with Crippen LogP contribution in [0.25, 0.3) is 132 Å². The molecule has 0 fully saturated rings. The van der Waals surface area contributed by atoms with Crippen molar-refractivity contribution in [3.63, 3.8) is 0 Å². The van der Waals surface area contributed by atoms with Crippen LogP contribution in [0.4, 0.5) is 0 Å². The van der Waals surface area contributed by atoms with Gasteiger partial charge >= 0.3 is 0 Å². The predicted molar refractivity (Wildman–Crippen MR) is 273 cm³/mol. The van der Waals surface area contributed by atoms with Gasteiger partial charge in [0.15, 0.2) is 17.5 Å². The van der Waals surface area contributed by atoms with Crippen molar-refractivity contribution < 1.29 is 0 Å². The smallest absolute Gasteiger partial charge is 0.164 e. The predicted octanol–water partition coefficient (Wildman–Crippen LogP) is 16.1. The van der Waals surface area contributed by atoms with Crippen LogP contribution in [0.15, 0.2) is 218 Å². The van der Waals surface area contributed by atoms with Crippen LogP contribution in [0.1, 0.15) is 5.56 Å². The number of nitriles is 1. The molecule has 13 aromatic rings. The van der Waals surface area contributed by atoms with Crippen molar-refractivity contribution in [2.75, 3.05) is 0 Å². The third-order valence-corrected chi connectivity index (χ3v) is 13.3. The molecule has 304 valence electrons. The molecule has 0 aliphatic rings.